The van der Waals surface area contributed by atoms with E-state index in [1.807, 2.05) is 0 Å². The fraction of sp³-hybridized carbons (Fsp3) is 0.903. The van der Waals surface area contributed by atoms with Gasteiger partial charge in [0.2, 0.25) is 0 Å². The second-order valence-corrected chi connectivity index (χ2v) is 10.8. The lowest BCUT2D eigenvalue weighted by Crippen LogP contribution is -2.41. The molecule has 0 fully saturated rings. The van der Waals surface area contributed by atoms with Crippen molar-refractivity contribution in [3.05, 3.63) is 18.2 Å². The van der Waals surface area contributed by atoms with Crippen LogP contribution in [0.25, 0.3) is 0 Å². The Labute approximate surface area is 208 Å². The normalized spacial score (nSPS) is 13.5. The number of hydrogen-bond acceptors (Lipinski definition) is 0. The fourth-order valence-corrected chi connectivity index (χ4v) is 5.37. The van der Waals surface area contributed by atoms with Gasteiger partial charge in [-0.2, -0.15) is 0 Å². The van der Waals surface area contributed by atoms with E-state index in [-0.39, 0.29) is 0 Å². The zero-order chi connectivity index (χ0) is 24.0. The second kappa shape index (κ2) is 21.7. The molecular formula is C31H61N2+. The van der Waals surface area contributed by atoms with Gasteiger partial charge in [0.25, 0.3) is 5.82 Å². The summed E-state index contributed by atoms with van der Waals surface area (Å²) < 4.78 is 2.59. The molecule has 0 amide bonds. The lowest BCUT2D eigenvalue weighted by molar-refractivity contribution is -0.727. The number of imidazole rings is 1. The van der Waals surface area contributed by atoms with Crippen LogP contribution in [0, 0.1) is 0 Å². The zero-order valence-corrected chi connectivity index (χ0v) is 23.3. The predicted octanol–water partition coefficient (Wildman–Crippen LogP) is 10.6. The smallest absolute Gasteiger partial charge is 0.247 e. The molecule has 0 aliphatic heterocycles. The molecule has 0 saturated heterocycles. The van der Waals surface area contributed by atoms with E-state index < -0.39 is 0 Å². The first-order valence-electron chi connectivity index (χ1n) is 15.3. The first-order chi connectivity index (χ1) is 16.2. The summed E-state index contributed by atoms with van der Waals surface area (Å²) in [6.45, 7) is 9.37. The maximum Gasteiger partial charge on any atom is 0.257 e. The first-order valence-corrected chi connectivity index (χ1v) is 15.3. The third kappa shape index (κ3) is 14.9. The monoisotopic (exact) mass is 461 g/mol. The number of unbranched alkanes of at least 4 members (excludes halogenated alkanes) is 16. The number of aromatic nitrogens is 2. The van der Waals surface area contributed by atoms with Gasteiger partial charge >= 0.3 is 0 Å². The Morgan fingerprint density at radius 2 is 0.970 bits per heavy atom. The summed E-state index contributed by atoms with van der Waals surface area (Å²) in [6.07, 6.45) is 35.3. The van der Waals surface area contributed by atoms with Crippen LogP contribution in [0.4, 0.5) is 0 Å². The molecule has 0 radical (unpaired) electrons. The van der Waals surface area contributed by atoms with Crippen molar-refractivity contribution in [3.63, 3.8) is 0 Å². The molecule has 0 aliphatic rings. The van der Waals surface area contributed by atoms with E-state index in [0.717, 1.165) is 0 Å². The molecule has 2 atom stereocenters. The summed E-state index contributed by atoms with van der Waals surface area (Å²) in [6, 6.07) is 0.624. The van der Waals surface area contributed by atoms with Crippen molar-refractivity contribution in [1.29, 1.82) is 0 Å². The lowest BCUT2D eigenvalue weighted by Gasteiger charge is -2.17. The Balaban J connectivity index is 2.38. The van der Waals surface area contributed by atoms with Crippen LogP contribution in [-0.2, 0) is 0 Å². The molecule has 2 nitrogen and oxygen atoms in total. The number of hydrogen-bond donors (Lipinski definition) is 1. The van der Waals surface area contributed by atoms with E-state index >= 15 is 0 Å². The molecule has 33 heavy (non-hydrogen) atoms. The van der Waals surface area contributed by atoms with Gasteiger partial charge in [-0.15, -0.1) is 0 Å². The van der Waals surface area contributed by atoms with Crippen LogP contribution < -0.4 is 4.57 Å². The fourth-order valence-electron chi connectivity index (χ4n) is 5.37. The van der Waals surface area contributed by atoms with Crippen LogP contribution in [0.15, 0.2) is 12.4 Å². The SMILES string of the molecule is CCCCCCCCCCCCCC(CCCCC)c1[nH]cc[n+]1C(C)CCCCCCC. The second-order valence-electron chi connectivity index (χ2n) is 10.8. The molecule has 0 saturated carbocycles. The van der Waals surface area contributed by atoms with Gasteiger partial charge in [0.05, 0.1) is 12.0 Å². The molecule has 2 heteroatoms. The summed E-state index contributed by atoms with van der Waals surface area (Å²) in [5.74, 6) is 2.23. The molecular weight excluding hydrogens is 400 g/mol. The third-order valence-corrected chi connectivity index (χ3v) is 7.64. The van der Waals surface area contributed by atoms with Crippen molar-refractivity contribution in [3.8, 4) is 0 Å². The van der Waals surface area contributed by atoms with Crippen LogP contribution in [0.2, 0.25) is 0 Å². The van der Waals surface area contributed by atoms with Crippen LogP contribution in [0.1, 0.15) is 187 Å². The minimum Gasteiger partial charge on any atom is -0.247 e. The molecule has 1 aromatic rings. The van der Waals surface area contributed by atoms with Gasteiger partial charge in [-0.25, -0.2) is 9.55 Å². The Bertz CT molecular complexity index is 521. The topological polar surface area (TPSA) is 19.7 Å². The number of nitrogens with zero attached hydrogens (tertiary/aromatic N) is 1. The molecule has 0 spiro atoms. The van der Waals surface area contributed by atoms with E-state index in [1.165, 1.54) is 147 Å². The van der Waals surface area contributed by atoms with Gasteiger partial charge < -0.3 is 0 Å². The van der Waals surface area contributed by atoms with E-state index in [2.05, 4.69) is 49.6 Å². The third-order valence-electron chi connectivity index (χ3n) is 7.64. The maximum absolute atomic E-state index is 3.68. The number of nitrogens with one attached hydrogen (secondary N) is 1. The summed E-state index contributed by atoms with van der Waals surface area (Å²) in [4.78, 5) is 3.68. The van der Waals surface area contributed by atoms with Crippen molar-refractivity contribution >= 4 is 0 Å². The average molecular weight is 462 g/mol. The van der Waals surface area contributed by atoms with E-state index in [9.17, 15) is 0 Å². The predicted molar refractivity (Wildman–Crippen MR) is 147 cm³/mol. The molecule has 0 aromatic carbocycles. The molecule has 0 aliphatic carbocycles. The van der Waals surface area contributed by atoms with E-state index in [0.29, 0.717) is 12.0 Å². The van der Waals surface area contributed by atoms with Gasteiger partial charge in [0, 0.05) is 0 Å². The van der Waals surface area contributed by atoms with Gasteiger partial charge in [-0.05, 0) is 32.6 Å². The summed E-state index contributed by atoms with van der Waals surface area (Å²) >= 11 is 0. The van der Waals surface area contributed by atoms with E-state index in [1.54, 1.807) is 0 Å². The minimum absolute atomic E-state index is 0.624. The highest BCUT2D eigenvalue weighted by Crippen LogP contribution is 2.27. The summed E-state index contributed by atoms with van der Waals surface area (Å²) in [7, 11) is 0. The van der Waals surface area contributed by atoms with Crippen LogP contribution >= 0.6 is 0 Å². The number of H-pyrrole nitrogens is 1. The highest BCUT2D eigenvalue weighted by atomic mass is 15.1. The Hall–Kier alpha value is -0.790. The summed E-state index contributed by atoms with van der Waals surface area (Å²) in [5, 5.41) is 0. The van der Waals surface area contributed by atoms with Crippen LogP contribution in [0.3, 0.4) is 0 Å². The highest BCUT2D eigenvalue weighted by molar-refractivity contribution is 4.90. The van der Waals surface area contributed by atoms with Crippen molar-refractivity contribution in [2.45, 2.75) is 181 Å². The van der Waals surface area contributed by atoms with Gasteiger partial charge in [-0.3, -0.25) is 0 Å². The molecule has 0 bridgehead atoms. The van der Waals surface area contributed by atoms with E-state index in [4.69, 9.17) is 0 Å². The molecule has 2 unspecified atom stereocenters. The highest BCUT2D eigenvalue weighted by Gasteiger charge is 2.25. The number of rotatable bonds is 24. The van der Waals surface area contributed by atoms with Crippen molar-refractivity contribution in [2.75, 3.05) is 0 Å². The lowest BCUT2D eigenvalue weighted by atomic mass is 9.93. The average Bonchev–Trinajstić information content (AvgIpc) is 3.31. The van der Waals surface area contributed by atoms with Gasteiger partial charge in [0.15, 0.2) is 0 Å². The van der Waals surface area contributed by atoms with Crippen LogP contribution in [0.5, 0.6) is 0 Å². The molecule has 1 aromatic heterocycles. The molecule has 1 N–H and O–H groups in total. The Morgan fingerprint density at radius 3 is 1.48 bits per heavy atom. The van der Waals surface area contributed by atoms with Crippen LogP contribution in [-0.4, -0.2) is 4.98 Å². The van der Waals surface area contributed by atoms with Crippen molar-refractivity contribution in [2.24, 2.45) is 0 Å². The largest absolute Gasteiger partial charge is 0.257 e. The standard InChI is InChI=1S/C31H60N2/c1-5-8-11-13-14-15-16-17-18-20-23-26-30(25-21-10-7-3)31-32-27-28-33(31)29(4)24-22-19-12-9-6-2/h27-30H,5-26H2,1-4H3/p+1. The van der Waals surface area contributed by atoms with Gasteiger partial charge in [0.1, 0.15) is 12.4 Å². The van der Waals surface area contributed by atoms with Gasteiger partial charge in [-0.1, -0.05) is 136 Å². The zero-order valence-electron chi connectivity index (χ0n) is 23.3. The Morgan fingerprint density at radius 1 is 0.576 bits per heavy atom. The quantitative estimate of drug-likeness (QED) is 0.117. The first kappa shape index (κ1) is 30.2. The minimum atomic E-state index is 0.624. The van der Waals surface area contributed by atoms with Crippen molar-refractivity contribution in [1.82, 2.24) is 4.98 Å². The summed E-state index contributed by atoms with van der Waals surface area (Å²) in [5.41, 5.74) is 0. The molecule has 1 rings (SSSR count). The van der Waals surface area contributed by atoms with Crippen molar-refractivity contribution < 1.29 is 4.57 Å². The Kier molecular flexibility index (Phi) is 19.9. The molecule has 1 heterocycles. The molecule has 194 valence electrons. The number of aromatic amines is 1. The maximum atomic E-state index is 3.68.